The fourth-order valence-electron chi connectivity index (χ4n) is 2.02. The average Bonchev–Trinajstić information content (AvgIpc) is 2.86. The number of fused-ring (bicyclic) bond motifs is 1. The Bertz CT molecular complexity index is 673. The van der Waals surface area contributed by atoms with Gasteiger partial charge in [-0.2, -0.15) is 0 Å². The Balaban J connectivity index is 1.85. The van der Waals surface area contributed by atoms with Gasteiger partial charge in [0, 0.05) is 12.7 Å². The van der Waals surface area contributed by atoms with Crippen LogP contribution in [-0.2, 0) is 6.54 Å². The van der Waals surface area contributed by atoms with Crippen LogP contribution in [0.3, 0.4) is 0 Å². The summed E-state index contributed by atoms with van der Waals surface area (Å²) >= 11 is 0. The van der Waals surface area contributed by atoms with Crippen LogP contribution in [0.5, 0.6) is 0 Å². The number of nitrogens with one attached hydrogen (secondary N) is 1. The first-order chi connectivity index (χ1) is 8.84. The van der Waals surface area contributed by atoms with Crippen LogP contribution in [0, 0.1) is 6.92 Å². The van der Waals surface area contributed by atoms with Gasteiger partial charge in [0.05, 0.1) is 11.6 Å². The molecular formula is C15H14N2O. The molecular weight excluding hydrogens is 224 g/mol. The SMILES string of the molecule is Cc1ccccc1CNc1nccc2occc12. The number of benzene rings is 1. The fourth-order valence-corrected chi connectivity index (χ4v) is 2.02. The van der Waals surface area contributed by atoms with Crippen LogP contribution in [0.15, 0.2) is 53.3 Å². The molecule has 0 fully saturated rings. The number of hydrogen-bond donors (Lipinski definition) is 1. The Morgan fingerprint density at radius 2 is 2.06 bits per heavy atom. The largest absolute Gasteiger partial charge is 0.464 e. The molecule has 2 heterocycles. The predicted molar refractivity (Wildman–Crippen MR) is 72.5 cm³/mol. The Kier molecular flexibility index (Phi) is 2.73. The second-order valence-corrected chi connectivity index (χ2v) is 4.27. The lowest BCUT2D eigenvalue weighted by Crippen LogP contribution is -2.02. The lowest BCUT2D eigenvalue weighted by atomic mass is 10.1. The van der Waals surface area contributed by atoms with E-state index < -0.39 is 0 Å². The molecule has 0 radical (unpaired) electrons. The third kappa shape index (κ3) is 1.95. The summed E-state index contributed by atoms with van der Waals surface area (Å²) in [4.78, 5) is 4.35. The molecule has 1 aromatic carbocycles. The molecule has 0 aliphatic carbocycles. The maximum atomic E-state index is 5.35. The highest BCUT2D eigenvalue weighted by Gasteiger charge is 2.04. The number of aromatic nitrogens is 1. The first-order valence-corrected chi connectivity index (χ1v) is 5.95. The molecule has 0 atom stereocenters. The molecule has 0 aliphatic heterocycles. The third-order valence-electron chi connectivity index (χ3n) is 3.09. The fraction of sp³-hybridized carbons (Fsp3) is 0.133. The molecule has 3 rings (SSSR count). The van der Waals surface area contributed by atoms with Crippen molar-refractivity contribution in [2.45, 2.75) is 13.5 Å². The summed E-state index contributed by atoms with van der Waals surface area (Å²) in [6.07, 6.45) is 3.44. The van der Waals surface area contributed by atoms with Crippen LogP contribution in [0.25, 0.3) is 11.0 Å². The van der Waals surface area contributed by atoms with Gasteiger partial charge in [-0.05, 0) is 30.2 Å². The molecule has 3 nitrogen and oxygen atoms in total. The normalized spacial score (nSPS) is 10.7. The van der Waals surface area contributed by atoms with E-state index in [-0.39, 0.29) is 0 Å². The van der Waals surface area contributed by atoms with E-state index in [4.69, 9.17) is 4.42 Å². The molecule has 90 valence electrons. The van der Waals surface area contributed by atoms with Crippen LogP contribution < -0.4 is 5.32 Å². The van der Waals surface area contributed by atoms with Crippen LogP contribution in [0.1, 0.15) is 11.1 Å². The van der Waals surface area contributed by atoms with Crippen molar-refractivity contribution in [3.8, 4) is 0 Å². The van der Waals surface area contributed by atoms with Gasteiger partial charge in [-0.15, -0.1) is 0 Å². The van der Waals surface area contributed by atoms with Gasteiger partial charge < -0.3 is 9.73 Å². The van der Waals surface area contributed by atoms with E-state index in [2.05, 4.69) is 35.4 Å². The molecule has 1 N–H and O–H groups in total. The lowest BCUT2D eigenvalue weighted by molar-refractivity contribution is 0.615. The Labute approximate surface area is 105 Å². The van der Waals surface area contributed by atoms with E-state index in [0.717, 1.165) is 23.3 Å². The molecule has 3 heteroatoms. The smallest absolute Gasteiger partial charge is 0.139 e. The summed E-state index contributed by atoms with van der Waals surface area (Å²) in [5.74, 6) is 0.865. The number of furan rings is 1. The minimum absolute atomic E-state index is 0.768. The number of aryl methyl sites for hydroxylation is 1. The van der Waals surface area contributed by atoms with E-state index in [1.165, 1.54) is 11.1 Å². The summed E-state index contributed by atoms with van der Waals surface area (Å²) < 4.78 is 5.35. The van der Waals surface area contributed by atoms with Crippen molar-refractivity contribution in [2.75, 3.05) is 5.32 Å². The van der Waals surface area contributed by atoms with Gasteiger partial charge in [-0.1, -0.05) is 24.3 Å². The van der Waals surface area contributed by atoms with Crippen molar-refractivity contribution in [2.24, 2.45) is 0 Å². The van der Waals surface area contributed by atoms with Crippen LogP contribution in [-0.4, -0.2) is 4.98 Å². The zero-order valence-corrected chi connectivity index (χ0v) is 10.2. The summed E-state index contributed by atoms with van der Waals surface area (Å²) in [6.45, 7) is 2.88. The van der Waals surface area contributed by atoms with Gasteiger partial charge in [-0.3, -0.25) is 0 Å². The van der Waals surface area contributed by atoms with Gasteiger partial charge in [0.2, 0.25) is 0 Å². The molecule has 0 unspecified atom stereocenters. The van der Waals surface area contributed by atoms with Gasteiger partial charge in [-0.25, -0.2) is 4.98 Å². The van der Waals surface area contributed by atoms with Crippen molar-refractivity contribution < 1.29 is 4.42 Å². The Morgan fingerprint density at radius 3 is 2.94 bits per heavy atom. The molecule has 0 spiro atoms. The number of hydrogen-bond acceptors (Lipinski definition) is 3. The standard InChI is InChI=1S/C15H14N2O/c1-11-4-2-3-5-12(11)10-17-15-13-7-9-18-14(13)6-8-16-15/h2-9H,10H2,1H3,(H,16,17). The maximum absolute atomic E-state index is 5.35. The van der Waals surface area contributed by atoms with Crippen LogP contribution in [0.2, 0.25) is 0 Å². The van der Waals surface area contributed by atoms with Crippen molar-refractivity contribution >= 4 is 16.8 Å². The van der Waals surface area contributed by atoms with E-state index in [9.17, 15) is 0 Å². The summed E-state index contributed by atoms with van der Waals surface area (Å²) in [5.41, 5.74) is 3.42. The monoisotopic (exact) mass is 238 g/mol. The molecule has 3 aromatic rings. The highest BCUT2D eigenvalue weighted by molar-refractivity contribution is 5.87. The number of anilines is 1. The first-order valence-electron chi connectivity index (χ1n) is 5.95. The maximum Gasteiger partial charge on any atom is 0.139 e. The van der Waals surface area contributed by atoms with Gasteiger partial charge in [0.15, 0.2) is 0 Å². The number of pyridine rings is 1. The Morgan fingerprint density at radius 1 is 1.17 bits per heavy atom. The van der Waals surface area contributed by atoms with E-state index in [0.29, 0.717) is 0 Å². The summed E-state index contributed by atoms with van der Waals surface area (Å²) in [6, 6.07) is 12.1. The van der Waals surface area contributed by atoms with Gasteiger partial charge in [0.25, 0.3) is 0 Å². The molecule has 18 heavy (non-hydrogen) atoms. The minimum Gasteiger partial charge on any atom is -0.464 e. The highest BCUT2D eigenvalue weighted by Crippen LogP contribution is 2.22. The average molecular weight is 238 g/mol. The van der Waals surface area contributed by atoms with Crippen LogP contribution in [0.4, 0.5) is 5.82 Å². The lowest BCUT2D eigenvalue weighted by Gasteiger charge is -2.08. The summed E-state index contributed by atoms with van der Waals surface area (Å²) in [7, 11) is 0. The Hall–Kier alpha value is -2.29. The summed E-state index contributed by atoms with van der Waals surface area (Å²) in [5, 5.41) is 4.38. The van der Waals surface area contributed by atoms with Gasteiger partial charge >= 0.3 is 0 Å². The molecule has 0 bridgehead atoms. The van der Waals surface area contributed by atoms with E-state index in [1.807, 2.05) is 18.2 Å². The number of nitrogens with zero attached hydrogens (tertiary/aromatic N) is 1. The molecule has 2 aromatic heterocycles. The topological polar surface area (TPSA) is 38.1 Å². The molecule has 0 saturated carbocycles. The third-order valence-corrected chi connectivity index (χ3v) is 3.09. The molecule has 0 aliphatic rings. The number of rotatable bonds is 3. The zero-order valence-electron chi connectivity index (χ0n) is 10.2. The van der Waals surface area contributed by atoms with E-state index >= 15 is 0 Å². The quantitative estimate of drug-likeness (QED) is 0.755. The van der Waals surface area contributed by atoms with Crippen molar-refractivity contribution in [3.05, 3.63) is 60.0 Å². The van der Waals surface area contributed by atoms with E-state index in [1.54, 1.807) is 12.5 Å². The van der Waals surface area contributed by atoms with Crippen molar-refractivity contribution in [1.82, 2.24) is 4.98 Å². The molecule has 0 saturated heterocycles. The van der Waals surface area contributed by atoms with Crippen molar-refractivity contribution in [1.29, 1.82) is 0 Å². The zero-order chi connectivity index (χ0) is 12.4. The van der Waals surface area contributed by atoms with Crippen LogP contribution >= 0.6 is 0 Å². The minimum atomic E-state index is 0.768. The molecule has 0 amide bonds. The second kappa shape index (κ2) is 4.53. The van der Waals surface area contributed by atoms with Crippen molar-refractivity contribution in [3.63, 3.8) is 0 Å². The second-order valence-electron chi connectivity index (χ2n) is 4.27. The van der Waals surface area contributed by atoms with Gasteiger partial charge in [0.1, 0.15) is 11.4 Å². The first kappa shape index (κ1) is 10.8. The predicted octanol–water partition coefficient (Wildman–Crippen LogP) is 3.75. The highest BCUT2D eigenvalue weighted by atomic mass is 16.3.